The van der Waals surface area contributed by atoms with Gasteiger partial charge in [0.05, 0.1) is 0 Å². The van der Waals surface area contributed by atoms with E-state index >= 15 is 0 Å². The molecule has 3 nitrogen and oxygen atoms in total. The highest BCUT2D eigenvalue weighted by atomic mass is 79.9. The summed E-state index contributed by atoms with van der Waals surface area (Å²) in [6.45, 7) is 0. The van der Waals surface area contributed by atoms with E-state index in [2.05, 4.69) is 20.9 Å². The molecule has 0 fully saturated rings. The molecule has 0 unspecified atom stereocenters. The third-order valence-corrected chi connectivity index (χ3v) is 3.66. The molecule has 3 rings (SSSR count). The molecule has 1 aromatic heterocycles. The molecule has 4 heteroatoms. The van der Waals surface area contributed by atoms with Gasteiger partial charge in [-0.1, -0.05) is 24.3 Å². The number of benzene rings is 1. The maximum atomic E-state index is 12.4. The van der Waals surface area contributed by atoms with E-state index in [1.165, 1.54) is 6.08 Å². The Labute approximate surface area is 124 Å². The van der Waals surface area contributed by atoms with Gasteiger partial charge in [0.25, 0.3) is 0 Å². The molecule has 1 aliphatic carbocycles. The van der Waals surface area contributed by atoms with E-state index in [1.54, 1.807) is 30.5 Å². The second kappa shape index (κ2) is 5.13. The van der Waals surface area contributed by atoms with Crippen LogP contribution in [0.5, 0.6) is 0 Å². The van der Waals surface area contributed by atoms with Crippen molar-refractivity contribution in [3.05, 3.63) is 75.5 Å². The Bertz CT molecular complexity index is 732. The Morgan fingerprint density at radius 3 is 2.45 bits per heavy atom. The lowest BCUT2D eigenvalue weighted by Crippen LogP contribution is -2.18. The minimum Gasteiger partial charge on any atom is -0.289 e. The summed E-state index contributed by atoms with van der Waals surface area (Å²) in [5, 5.41) is 0. The van der Waals surface area contributed by atoms with Crippen LogP contribution in [-0.2, 0) is 6.42 Å². The molecule has 1 heterocycles. The third-order valence-electron chi connectivity index (χ3n) is 3.19. The molecule has 0 aliphatic heterocycles. The van der Waals surface area contributed by atoms with Crippen LogP contribution in [0.4, 0.5) is 0 Å². The first-order valence-corrected chi connectivity index (χ1v) is 6.93. The summed E-state index contributed by atoms with van der Waals surface area (Å²) in [6, 6.07) is 10.6. The van der Waals surface area contributed by atoms with Crippen LogP contribution in [0.3, 0.4) is 0 Å². The molecule has 0 radical (unpaired) electrons. The van der Waals surface area contributed by atoms with Crippen molar-refractivity contribution in [2.45, 2.75) is 6.42 Å². The molecule has 0 spiro atoms. The zero-order valence-corrected chi connectivity index (χ0v) is 12.1. The Balaban J connectivity index is 1.94. The lowest BCUT2D eigenvalue weighted by Gasteiger charge is -2.14. The fourth-order valence-corrected chi connectivity index (χ4v) is 2.44. The van der Waals surface area contributed by atoms with Crippen LogP contribution in [0.2, 0.25) is 0 Å². The number of Topliss-reactive ketones (excluding diaryl/α,β-unsaturated/α-hetero) is 1. The van der Waals surface area contributed by atoms with Crippen molar-refractivity contribution in [2.75, 3.05) is 0 Å². The van der Waals surface area contributed by atoms with E-state index < -0.39 is 0 Å². The van der Waals surface area contributed by atoms with Gasteiger partial charge in [0.15, 0.2) is 11.6 Å². The molecule has 1 aromatic carbocycles. The first-order chi connectivity index (χ1) is 9.65. The molecular weight excluding hydrogens is 318 g/mol. The van der Waals surface area contributed by atoms with E-state index in [1.807, 2.05) is 12.1 Å². The quantitative estimate of drug-likeness (QED) is 0.849. The molecule has 0 atom stereocenters. The van der Waals surface area contributed by atoms with Gasteiger partial charge in [0.1, 0.15) is 0 Å². The normalized spacial score (nSPS) is 13.9. The van der Waals surface area contributed by atoms with Crippen molar-refractivity contribution in [3.8, 4) is 0 Å². The fourth-order valence-electron chi connectivity index (χ4n) is 2.21. The molecule has 98 valence electrons. The average molecular weight is 328 g/mol. The molecule has 20 heavy (non-hydrogen) atoms. The van der Waals surface area contributed by atoms with Crippen LogP contribution in [0.15, 0.2) is 58.7 Å². The monoisotopic (exact) mass is 327 g/mol. The Morgan fingerprint density at radius 2 is 1.75 bits per heavy atom. The lowest BCUT2D eigenvalue weighted by atomic mass is 9.87. The molecule has 0 bridgehead atoms. The molecule has 2 aromatic rings. The number of hydrogen-bond donors (Lipinski definition) is 0. The Kier molecular flexibility index (Phi) is 3.32. The van der Waals surface area contributed by atoms with Gasteiger partial charge in [-0.05, 0) is 34.1 Å². The SMILES string of the molecule is O=C1C=C(Cc2ccc(Br)cn2)C(=O)c2ccccc21. The first kappa shape index (κ1) is 12.9. The maximum Gasteiger partial charge on any atom is 0.190 e. The number of pyridine rings is 1. The van der Waals surface area contributed by atoms with E-state index in [0.29, 0.717) is 23.1 Å². The molecule has 0 saturated carbocycles. The lowest BCUT2D eigenvalue weighted by molar-refractivity contribution is 0.0982. The highest BCUT2D eigenvalue weighted by Crippen LogP contribution is 2.23. The van der Waals surface area contributed by atoms with E-state index in [-0.39, 0.29) is 11.6 Å². The van der Waals surface area contributed by atoms with Crippen molar-refractivity contribution in [1.82, 2.24) is 4.98 Å². The maximum absolute atomic E-state index is 12.4. The van der Waals surface area contributed by atoms with Gasteiger partial charge in [-0.25, -0.2) is 0 Å². The van der Waals surface area contributed by atoms with Crippen LogP contribution in [0.1, 0.15) is 26.4 Å². The highest BCUT2D eigenvalue weighted by molar-refractivity contribution is 9.10. The van der Waals surface area contributed by atoms with Crippen LogP contribution in [0, 0.1) is 0 Å². The molecule has 1 aliphatic rings. The van der Waals surface area contributed by atoms with E-state index in [4.69, 9.17) is 0 Å². The smallest absolute Gasteiger partial charge is 0.190 e. The largest absolute Gasteiger partial charge is 0.289 e. The minimum absolute atomic E-state index is 0.0927. The van der Waals surface area contributed by atoms with Gasteiger partial charge in [0, 0.05) is 39.5 Å². The zero-order chi connectivity index (χ0) is 14.1. The number of carbonyl (C=O) groups excluding carboxylic acids is 2. The number of aromatic nitrogens is 1. The molecular formula is C16H10BrNO2. The molecule has 0 N–H and O–H groups in total. The minimum atomic E-state index is -0.118. The summed E-state index contributed by atoms with van der Waals surface area (Å²) in [6.07, 6.45) is 3.47. The summed E-state index contributed by atoms with van der Waals surface area (Å²) < 4.78 is 0.881. The molecule has 0 amide bonds. The topological polar surface area (TPSA) is 47.0 Å². The van der Waals surface area contributed by atoms with Gasteiger partial charge in [-0.3, -0.25) is 14.6 Å². The number of allylic oxidation sites excluding steroid dienone is 2. The second-order valence-electron chi connectivity index (χ2n) is 4.55. The fraction of sp³-hybridized carbons (Fsp3) is 0.0625. The summed E-state index contributed by atoms with van der Waals surface area (Å²) >= 11 is 3.32. The average Bonchev–Trinajstić information content (AvgIpc) is 2.47. The first-order valence-electron chi connectivity index (χ1n) is 6.14. The predicted octanol–water partition coefficient (Wildman–Crippen LogP) is 3.39. The number of ketones is 2. The van der Waals surface area contributed by atoms with Crippen LogP contribution in [-0.4, -0.2) is 16.6 Å². The van der Waals surface area contributed by atoms with Crippen LogP contribution >= 0.6 is 15.9 Å². The van der Waals surface area contributed by atoms with Gasteiger partial charge in [-0.15, -0.1) is 0 Å². The summed E-state index contributed by atoms with van der Waals surface area (Å²) in [5.41, 5.74) is 2.21. The van der Waals surface area contributed by atoms with Gasteiger partial charge in [-0.2, -0.15) is 0 Å². The van der Waals surface area contributed by atoms with Gasteiger partial charge >= 0.3 is 0 Å². The van der Waals surface area contributed by atoms with Crippen LogP contribution in [0.25, 0.3) is 0 Å². The Morgan fingerprint density at radius 1 is 1.00 bits per heavy atom. The van der Waals surface area contributed by atoms with E-state index in [9.17, 15) is 9.59 Å². The van der Waals surface area contributed by atoms with Crippen molar-refractivity contribution in [2.24, 2.45) is 0 Å². The Hall–Kier alpha value is -2.07. The van der Waals surface area contributed by atoms with Gasteiger partial charge in [0.2, 0.25) is 0 Å². The summed E-state index contributed by atoms with van der Waals surface area (Å²) in [7, 11) is 0. The number of fused-ring (bicyclic) bond motifs is 1. The van der Waals surface area contributed by atoms with Crippen LogP contribution < -0.4 is 0 Å². The van der Waals surface area contributed by atoms with Crippen molar-refractivity contribution < 1.29 is 9.59 Å². The predicted molar refractivity (Wildman–Crippen MR) is 78.8 cm³/mol. The summed E-state index contributed by atoms with van der Waals surface area (Å²) in [4.78, 5) is 28.6. The number of nitrogens with zero attached hydrogens (tertiary/aromatic N) is 1. The zero-order valence-electron chi connectivity index (χ0n) is 10.5. The number of rotatable bonds is 2. The number of halogens is 1. The highest BCUT2D eigenvalue weighted by Gasteiger charge is 2.25. The van der Waals surface area contributed by atoms with Gasteiger partial charge < -0.3 is 0 Å². The van der Waals surface area contributed by atoms with E-state index in [0.717, 1.165) is 10.2 Å². The van der Waals surface area contributed by atoms with Crippen molar-refractivity contribution >= 4 is 27.5 Å². The second-order valence-corrected chi connectivity index (χ2v) is 5.47. The molecule has 0 saturated heterocycles. The van der Waals surface area contributed by atoms with Crippen molar-refractivity contribution in [1.29, 1.82) is 0 Å². The standard InChI is InChI=1S/C16H10BrNO2/c17-11-5-6-12(18-9-11)7-10-8-15(19)13-3-1-2-4-14(13)16(10)20/h1-6,8-9H,7H2. The summed E-state index contributed by atoms with van der Waals surface area (Å²) in [5.74, 6) is -0.211. The van der Waals surface area contributed by atoms with Crippen molar-refractivity contribution in [3.63, 3.8) is 0 Å². The third kappa shape index (κ3) is 2.34. The number of hydrogen-bond acceptors (Lipinski definition) is 3. The number of carbonyl (C=O) groups is 2.